The zero-order chi connectivity index (χ0) is 6.73. The van der Waals surface area contributed by atoms with Crippen LogP contribution in [0.4, 0.5) is 0 Å². The summed E-state index contributed by atoms with van der Waals surface area (Å²) in [7, 11) is 0. The second kappa shape index (κ2) is 3.22. The van der Waals surface area contributed by atoms with E-state index in [1.54, 1.807) is 6.92 Å². The molecule has 0 radical (unpaired) electrons. The van der Waals surface area contributed by atoms with Gasteiger partial charge in [-0.3, -0.25) is 4.79 Å². The van der Waals surface area contributed by atoms with Crippen molar-refractivity contribution < 1.29 is 4.79 Å². The first-order chi connectivity index (χ1) is 3.55. The summed E-state index contributed by atoms with van der Waals surface area (Å²) in [6.45, 7) is 5.35. The van der Waals surface area contributed by atoms with Crippen LogP contribution in [-0.2, 0) is 4.79 Å². The third-order valence-corrected chi connectivity index (χ3v) is 1.85. The normalized spacial score (nSPS) is 13.0. The van der Waals surface area contributed by atoms with Gasteiger partial charge in [-0.1, -0.05) is 0 Å². The van der Waals surface area contributed by atoms with E-state index in [4.69, 9.17) is 0 Å². The third kappa shape index (κ3) is 2.45. The van der Waals surface area contributed by atoms with Crippen LogP contribution < -0.4 is 0 Å². The Labute approximate surface area is 63.3 Å². The fourth-order valence-electron chi connectivity index (χ4n) is 0.243. The van der Waals surface area contributed by atoms with Crippen molar-refractivity contribution in [3.05, 3.63) is 9.15 Å². The topological polar surface area (TPSA) is 17.1 Å². The number of halogens is 1. The predicted octanol–water partition coefficient (Wildman–Crippen LogP) is 2.30. The molecule has 0 amide bonds. The molecule has 0 aromatic carbocycles. The minimum absolute atomic E-state index is 0.164. The summed E-state index contributed by atoms with van der Waals surface area (Å²) in [6.07, 6.45) is 0. The summed E-state index contributed by atoms with van der Waals surface area (Å²) >= 11 is 2.14. The Morgan fingerprint density at radius 1 is 1.25 bits per heavy atom. The summed E-state index contributed by atoms with van der Waals surface area (Å²) in [5.41, 5.74) is 0.866. The molecule has 0 rings (SSSR count). The van der Waals surface area contributed by atoms with E-state index < -0.39 is 0 Å². The lowest BCUT2D eigenvalue weighted by Gasteiger charge is -1.92. The van der Waals surface area contributed by atoms with E-state index in [0.29, 0.717) is 0 Å². The SMILES string of the molecule is CC(=O)/C(C)=C(\C)I. The van der Waals surface area contributed by atoms with Gasteiger partial charge in [-0.05, 0) is 46.9 Å². The molecule has 0 aromatic rings. The molecule has 0 saturated heterocycles. The van der Waals surface area contributed by atoms with E-state index in [0.717, 1.165) is 9.15 Å². The van der Waals surface area contributed by atoms with Crippen LogP contribution in [0.2, 0.25) is 0 Å². The lowest BCUT2D eigenvalue weighted by molar-refractivity contribution is -0.113. The lowest BCUT2D eigenvalue weighted by Crippen LogP contribution is -1.91. The summed E-state index contributed by atoms with van der Waals surface area (Å²) in [6, 6.07) is 0. The smallest absolute Gasteiger partial charge is 0.156 e. The first-order valence-electron chi connectivity index (χ1n) is 2.39. The van der Waals surface area contributed by atoms with Crippen LogP contribution in [0, 0.1) is 0 Å². The fraction of sp³-hybridized carbons (Fsp3) is 0.500. The van der Waals surface area contributed by atoms with Gasteiger partial charge in [0.05, 0.1) is 0 Å². The molecule has 0 N–H and O–H groups in total. The second-order valence-corrected chi connectivity index (χ2v) is 3.33. The van der Waals surface area contributed by atoms with Crippen LogP contribution in [0.3, 0.4) is 0 Å². The zero-order valence-electron chi connectivity index (χ0n) is 5.29. The summed E-state index contributed by atoms with van der Waals surface area (Å²) < 4.78 is 1.08. The van der Waals surface area contributed by atoms with Crippen molar-refractivity contribution in [2.24, 2.45) is 0 Å². The Morgan fingerprint density at radius 2 is 1.62 bits per heavy atom. The average Bonchev–Trinajstić information content (AvgIpc) is 1.64. The zero-order valence-corrected chi connectivity index (χ0v) is 7.44. The number of carbonyl (C=O) groups excluding carboxylic acids is 1. The molecule has 0 saturated carbocycles. The number of carbonyl (C=O) groups is 1. The van der Waals surface area contributed by atoms with Crippen molar-refractivity contribution in [2.75, 3.05) is 0 Å². The van der Waals surface area contributed by atoms with Crippen LogP contribution in [0.15, 0.2) is 9.15 Å². The van der Waals surface area contributed by atoms with E-state index in [1.165, 1.54) is 0 Å². The molecule has 0 aromatic heterocycles. The predicted molar refractivity (Wildman–Crippen MR) is 43.1 cm³/mol. The molecule has 0 atom stereocenters. The molecule has 46 valence electrons. The van der Waals surface area contributed by atoms with Gasteiger partial charge in [-0.2, -0.15) is 0 Å². The number of hydrogen-bond donors (Lipinski definition) is 0. The molecule has 0 heterocycles. The number of allylic oxidation sites excluding steroid dienone is 2. The summed E-state index contributed by atoms with van der Waals surface area (Å²) in [5.74, 6) is 0.164. The minimum Gasteiger partial charge on any atom is -0.295 e. The Bertz CT molecular complexity index is 131. The van der Waals surface area contributed by atoms with Crippen LogP contribution in [0.1, 0.15) is 20.8 Å². The van der Waals surface area contributed by atoms with Gasteiger partial charge >= 0.3 is 0 Å². The van der Waals surface area contributed by atoms with Gasteiger partial charge in [0.15, 0.2) is 5.78 Å². The third-order valence-electron chi connectivity index (χ3n) is 1.04. The monoisotopic (exact) mass is 224 g/mol. The highest BCUT2D eigenvalue weighted by molar-refractivity contribution is 14.1. The highest BCUT2D eigenvalue weighted by atomic mass is 127. The van der Waals surface area contributed by atoms with Crippen molar-refractivity contribution in [2.45, 2.75) is 20.8 Å². The maximum absolute atomic E-state index is 10.5. The minimum atomic E-state index is 0.164. The van der Waals surface area contributed by atoms with Gasteiger partial charge in [-0.15, -0.1) is 0 Å². The van der Waals surface area contributed by atoms with E-state index in [1.807, 2.05) is 13.8 Å². The number of ketones is 1. The number of Topliss-reactive ketones (excluding diaryl/α,β-unsaturated/α-hetero) is 1. The second-order valence-electron chi connectivity index (χ2n) is 1.71. The quantitative estimate of drug-likeness (QED) is 0.493. The molecular weight excluding hydrogens is 215 g/mol. The molecule has 2 heteroatoms. The molecule has 0 fully saturated rings. The van der Waals surface area contributed by atoms with Gasteiger partial charge in [0.2, 0.25) is 0 Å². The van der Waals surface area contributed by atoms with Crippen LogP contribution in [0.5, 0.6) is 0 Å². The number of rotatable bonds is 1. The van der Waals surface area contributed by atoms with E-state index in [9.17, 15) is 4.79 Å². The Kier molecular flexibility index (Phi) is 3.28. The van der Waals surface area contributed by atoms with Gasteiger partial charge in [0.1, 0.15) is 0 Å². The summed E-state index contributed by atoms with van der Waals surface area (Å²) in [5, 5.41) is 0. The Hall–Kier alpha value is 0.140. The maximum Gasteiger partial charge on any atom is 0.156 e. The van der Waals surface area contributed by atoms with E-state index >= 15 is 0 Å². The van der Waals surface area contributed by atoms with Crippen molar-refractivity contribution in [1.29, 1.82) is 0 Å². The summed E-state index contributed by atoms with van der Waals surface area (Å²) in [4.78, 5) is 10.5. The van der Waals surface area contributed by atoms with Gasteiger partial charge in [-0.25, -0.2) is 0 Å². The van der Waals surface area contributed by atoms with Crippen LogP contribution in [-0.4, -0.2) is 5.78 Å². The van der Waals surface area contributed by atoms with Crippen molar-refractivity contribution >= 4 is 28.4 Å². The maximum atomic E-state index is 10.5. The molecule has 8 heavy (non-hydrogen) atoms. The van der Waals surface area contributed by atoms with Crippen LogP contribution >= 0.6 is 22.6 Å². The highest BCUT2D eigenvalue weighted by Gasteiger charge is 1.96. The van der Waals surface area contributed by atoms with E-state index in [2.05, 4.69) is 22.6 Å². The largest absolute Gasteiger partial charge is 0.295 e. The molecule has 0 aliphatic heterocycles. The average molecular weight is 224 g/mol. The standard InChI is InChI=1S/C6H9IO/c1-4(5(2)7)6(3)8/h1-3H3/b5-4+. The van der Waals surface area contributed by atoms with Crippen molar-refractivity contribution in [1.82, 2.24) is 0 Å². The Balaban J connectivity index is 4.23. The molecule has 0 unspecified atom stereocenters. The Morgan fingerprint density at radius 3 is 1.62 bits per heavy atom. The highest BCUT2D eigenvalue weighted by Crippen LogP contribution is 2.10. The fourth-order valence-corrected chi connectivity index (χ4v) is 0.622. The van der Waals surface area contributed by atoms with Crippen LogP contribution in [0.25, 0.3) is 0 Å². The van der Waals surface area contributed by atoms with Crippen molar-refractivity contribution in [3.8, 4) is 0 Å². The first-order valence-corrected chi connectivity index (χ1v) is 3.47. The van der Waals surface area contributed by atoms with Gasteiger partial charge < -0.3 is 0 Å². The van der Waals surface area contributed by atoms with E-state index in [-0.39, 0.29) is 5.78 Å². The molecule has 0 spiro atoms. The lowest BCUT2D eigenvalue weighted by atomic mass is 10.2. The molecular formula is C6H9IO. The van der Waals surface area contributed by atoms with Crippen molar-refractivity contribution in [3.63, 3.8) is 0 Å². The van der Waals surface area contributed by atoms with Gasteiger partial charge in [0.25, 0.3) is 0 Å². The molecule has 0 bridgehead atoms. The molecule has 0 aliphatic rings. The number of hydrogen-bond acceptors (Lipinski definition) is 1. The molecule has 1 nitrogen and oxygen atoms in total. The van der Waals surface area contributed by atoms with Gasteiger partial charge in [0, 0.05) is 5.57 Å². The first kappa shape index (κ1) is 8.14. The molecule has 0 aliphatic carbocycles.